The number of aliphatic hydroxyl groups is 2. The van der Waals surface area contributed by atoms with Crippen molar-refractivity contribution in [2.75, 3.05) is 40.9 Å². The van der Waals surface area contributed by atoms with E-state index in [4.69, 9.17) is 9.05 Å². The molecule has 9 nitrogen and oxygen atoms in total. The molecule has 0 aromatic heterocycles. The quantitative estimate of drug-likeness (QED) is 0.0212. The Morgan fingerprint density at radius 3 is 1.64 bits per heavy atom. The Morgan fingerprint density at radius 1 is 0.655 bits per heavy atom. The number of quaternary nitrogens is 1. The number of carbonyl (C=O) groups excluding carboxylic acids is 1. The van der Waals surface area contributed by atoms with Gasteiger partial charge in [0, 0.05) is 6.42 Å². The number of unbranched alkanes of at least 4 members (excludes halogenated alkanes) is 14. The van der Waals surface area contributed by atoms with Gasteiger partial charge in [0.2, 0.25) is 5.91 Å². The van der Waals surface area contributed by atoms with E-state index < -0.39 is 32.7 Å². The third-order valence-electron chi connectivity index (χ3n) is 9.37. The lowest BCUT2D eigenvalue weighted by Crippen LogP contribution is -2.51. The van der Waals surface area contributed by atoms with Gasteiger partial charge in [-0.25, -0.2) is 4.57 Å². The van der Waals surface area contributed by atoms with Gasteiger partial charge in [-0.15, -0.1) is 0 Å². The average molecular weight is 796 g/mol. The van der Waals surface area contributed by atoms with E-state index in [1.54, 1.807) is 0 Å². The normalized spacial score (nSPS) is 15.6. The first-order valence-corrected chi connectivity index (χ1v) is 23.2. The third kappa shape index (κ3) is 37.5. The molecule has 10 heteroatoms. The number of phosphoric ester groups is 1. The van der Waals surface area contributed by atoms with E-state index in [2.05, 4.69) is 79.9 Å². The summed E-state index contributed by atoms with van der Waals surface area (Å²) in [7, 11) is 1.40. The van der Waals surface area contributed by atoms with E-state index in [1.807, 2.05) is 21.1 Å². The SMILES string of the molecule is CC/C=C\C/C=C\C/C=C\C/C=C\C/C=C\CCCCCC(=O)NC(COP(=O)(O)OCC[N+](C)(C)C)C(O)C(O)CCCCCCCCCCCCCC. The zero-order valence-corrected chi connectivity index (χ0v) is 36.7. The number of likely N-dealkylation sites (N-methyl/N-ethyl adjacent to an activating group) is 1. The van der Waals surface area contributed by atoms with Crippen LogP contribution in [0.4, 0.5) is 0 Å². The summed E-state index contributed by atoms with van der Waals surface area (Å²) in [6.07, 6.45) is 42.8. The van der Waals surface area contributed by atoms with Crippen molar-refractivity contribution in [3.8, 4) is 0 Å². The Balaban J connectivity index is 4.59. The highest BCUT2D eigenvalue weighted by molar-refractivity contribution is 7.47. The van der Waals surface area contributed by atoms with Gasteiger partial charge in [-0.2, -0.15) is 0 Å². The van der Waals surface area contributed by atoms with Gasteiger partial charge in [-0.05, 0) is 57.8 Å². The third-order valence-corrected chi connectivity index (χ3v) is 10.4. The van der Waals surface area contributed by atoms with Crippen molar-refractivity contribution >= 4 is 13.7 Å². The summed E-state index contributed by atoms with van der Waals surface area (Å²) in [6, 6.07) is -1.05. The highest BCUT2D eigenvalue weighted by atomic mass is 31.2. The lowest BCUT2D eigenvalue weighted by atomic mass is 9.99. The van der Waals surface area contributed by atoms with Crippen LogP contribution in [0.2, 0.25) is 0 Å². The molecule has 0 rings (SSSR count). The molecule has 0 aliphatic carbocycles. The number of hydrogen-bond donors (Lipinski definition) is 4. The first-order valence-electron chi connectivity index (χ1n) is 21.7. The number of nitrogens with one attached hydrogen (secondary N) is 1. The largest absolute Gasteiger partial charge is 0.472 e. The highest BCUT2D eigenvalue weighted by Gasteiger charge is 2.31. The molecule has 0 radical (unpaired) electrons. The number of hydrogen-bond acceptors (Lipinski definition) is 6. The molecule has 0 aliphatic rings. The number of aliphatic hydroxyl groups excluding tert-OH is 2. The van der Waals surface area contributed by atoms with Crippen LogP contribution in [-0.2, 0) is 18.4 Å². The fraction of sp³-hybridized carbons (Fsp3) is 0.756. The van der Waals surface area contributed by atoms with Crippen LogP contribution in [0.1, 0.15) is 162 Å². The van der Waals surface area contributed by atoms with Crippen LogP contribution >= 0.6 is 7.82 Å². The summed E-state index contributed by atoms with van der Waals surface area (Å²) in [5.74, 6) is -0.293. The Morgan fingerprint density at radius 2 is 1.13 bits per heavy atom. The number of rotatable bonds is 38. The van der Waals surface area contributed by atoms with Crippen molar-refractivity contribution in [1.82, 2.24) is 5.32 Å². The predicted molar refractivity (Wildman–Crippen MR) is 232 cm³/mol. The molecule has 0 aromatic carbocycles. The van der Waals surface area contributed by atoms with Crippen molar-refractivity contribution in [2.24, 2.45) is 0 Å². The van der Waals surface area contributed by atoms with Crippen LogP contribution in [0.3, 0.4) is 0 Å². The van der Waals surface area contributed by atoms with E-state index in [0.717, 1.165) is 70.6 Å². The van der Waals surface area contributed by atoms with Gasteiger partial charge in [0.15, 0.2) is 0 Å². The number of carbonyl (C=O) groups is 1. The van der Waals surface area contributed by atoms with Crippen LogP contribution in [0.15, 0.2) is 60.8 Å². The molecule has 0 aromatic rings. The molecule has 4 atom stereocenters. The molecular weight excluding hydrogens is 711 g/mol. The highest BCUT2D eigenvalue weighted by Crippen LogP contribution is 2.43. The summed E-state index contributed by atoms with van der Waals surface area (Å²) in [5, 5.41) is 24.6. The maximum atomic E-state index is 12.9. The van der Waals surface area contributed by atoms with Crippen LogP contribution in [0.5, 0.6) is 0 Å². The summed E-state index contributed by atoms with van der Waals surface area (Å²) < 4.78 is 23.5. The van der Waals surface area contributed by atoms with Crippen molar-refractivity contribution < 1.29 is 38.0 Å². The van der Waals surface area contributed by atoms with E-state index in [9.17, 15) is 24.5 Å². The number of amides is 1. The Hall–Kier alpha value is -1.84. The van der Waals surface area contributed by atoms with Crippen molar-refractivity contribution in [2.45, 2.75) is 180 Å². The predicted octanol–water partition coefficient (Wildman–Crippen LogP) is 10.8. The molecule has 0 aliphatic heterocycles. The Bertz CT molecular complexity index is 1100. The average Bonchev–Trinajstić information content (AvgIpc) is 3.13. The second-order valence-corrected chi connectivity index (χ2v) is 17.3. The smallest absolute Gasteiger partial charge is 0.390 e. The Kier molecular flexibility index (Phi) is 35.3. The van der Waals surface area contributed by atoms with Crippen molar-refractivity contribution in [3.63, 3.8) is 0 Å². The van der Waals surface area contributed by atoms with Crippen LogP contribution in [-0.4, -0.2) is 84.6 Å². The van der Waals surface area contributed by atoms with Crippen molar-refractivity contribution in [3.05, 3.63) is 60.8 Å². The standard InChI is InChI=1S/C45H83N2O7P/c1-6-8-10-12-14-16-18-20-21-22-23-24-25-26-28-30-32-34-36-38-44(49)46-42(41-54-55(51,52)53-40-39-47(3,4)5)45(50)43(48)37-35-33-31-29-27-19-17-15-13-11-9-7-2/h8,10,14,16,20-21,23-24,26,28,42-43,45,48,50H,6-7,9,11-13,15,17-19,22,25,27,29-41H2,1-5H3,(H-,46,49,51,52)/p+1/b10-8-,16-14-,21-20-,24-23-,28-26-. The molecule has 0 fully saturated rings. The molecule has 4 unspecified atom stereocenters. The van der Waals surface area contributed by atoms with Gasteiger partial charge in [-0.1, -0.05) is 158 Å². The lowest BCUT2D eigenvalue weighted by Gasteiger charge is -2.28. The van der Waals surface area contributed by atoms with Gasteiger partial charge in [0.05, 0.1) is 39.9 Å². The lowest BCUT2D eigenvalue weighted by molar-refractivity contribution is -0.870. The van der Waals surface area contributed by atoms with E-state index in [0.29, 0.717) is 23.9 Å². The minimum atomic E-state index is -4.42. The topological polar surface area (TPSA) is 125 Å². The van der Waals surface area contributed by atoms with Crippen LogP contribution in [0.25, 0.3) is 0 Å². The zero-order chi connectivity index (χ0) is 40.9. The number of phosphoric acid groups is 1. The maximum absolute atomic E-state index is 12.9. The second-order valence-electron chi connectivity index (χ2n) is 15.8. The first-order chi connectivity index (χ1) is 26.4. The minimum Gasteiger partial charge on any atom is -0.390 e. The van der Waals surface area contributed by atoms with Gasteiger partial charge in [0.25, 0.3) is 0 Å². The minimum absolute atomic E-state index is 0.0120. The van der Waals surface area contributed by atoms with Crippen molar-refractivity contribution in [1.29, 1.82) is 0 Å². The molecule has 55 heavy (non-hydrogen) atoms. The molecular formula is C45H84N2O7P+. The summed E-state index contributed by atoms with van der Waals surface area (Å²) in [6.45, 7) is 4.44. The van der Waals surface area contributed by atoms with Gasteiger partial charge >= 0.3 is 7.82 Å². The fourth-order valence-electron chi connectivity index (χ4n) is 5.87. The maximum Gasteiger partial charge on any atom is 0.472 e. The summed E-state index contributed by atoms with van der Waals surface area (Å²) >= 11 is 0. The van der Waals surface area contributed by atoms with E-state index >= 15 is 0 Å². The summed E-state index contributed by atoms with van der Waals surface area (Å²) in [5.41, 5.74) is 0. The summed E-state index contributed by atoms with van der Waals surface area (Å²) in [4.78, 5) is 23.1. The molecule has 0 saturated heterocycles. The van der Waals surface area contributed by atoms with Gasteiger partial charge < -0.3 is 24.9 Å². The van der Waals surface area contributed by atoms with Gasteiger partial charge in [0.1, 0.15) is 19.3 Å². The zero-order valence-electron chi connectivity index (χ0n) is 35.8. The monoisotopic (exact) mass is 796 g/mol. The first kappa shape index (κ1) is 53.2. The number of allylic oxidation sites excluding steroid dienone is 10. The Labute approximate surface area is 337 Å². The van der Waals surface area contributed by atoms with Crippen LogP contribution in [0, 0.1) is 0 Å². The second kappa shape index (κ2) is 36.5. The van der Waals surface area contributed by atoms with E-state index in [-0.39, 0.29) is 18.9 Å². The van der Waals surface area contributed by atoms with E-state index in [1.165, 1.54) is 57.8 Å². The fourth-order valence-corrected chi connectivity index (χ4v) is 6.61. The molecule has 320 valence electrons. The van der Waals surface area contributed by atoms with Gasteiger partial charge in [-0.3, -0.25) is 13.8 Å². The molecule has 0 bridgehead atoms. The molecule has 0 spiro atoms. The molecule has 0 saturated carbocycles. The molecule has 4 N–H and O–H groups in total. The number of nitrogens with zero attached hydrogens (tertiary/aromatic N) is 1. The van der Waals surface area contributed by atoms with Crippen LogP contribution < -0.4 is 5.32 Å². The molecule has 0 heterocycles. The molecule has 1 amide bonds.